The number of aromatic hydroxyl groups is 4. The van der Waals surface area contributed by atoms with E-state index in [1.165, 1.54) is 57.5 Å². The summed E-state index contributed by atoms with van der Waals surface area (Å²) in [6.07, 6.45) is -9.65. The molecule has 0 aromatic heterocycles. The molecule has 4 aromatic carbocycles. The highest BCUT2D eigenvalue weighted by atomic mass is 16.7. The zero-order valence-electron chi connectivity index (χ0n) is 42.3. The lowest BCUT2D eigenvalue weighted by molar-refractivity contribution is -0.247. The molecule has 6 aliphatic rings. The second-order valence-corrected chi connectivity index (χ2v) is 20.3. The summed E-state index contributed by atoms with van der Waals surface area (Å²) < 4.78 is 34.1. The lowest BCUT2D eigenvalue weighted by atomic mass is 9.72. The number of carbonyl (C=O) groups is 6. The molecule has 410 valence electrons. The number of Topliss-reactive ketones (excluding diaryl/α,β-unsaturated/α-hetero) is 2. The van der Waals surface area contributed by atoms with Gasteiger partial charge >= 0.3 is 0 Å². The molecule has 2 aliphatic heterocycles. The van der Waals surface area contributed by atoms with Gasteiger partial charge in [0.05, 0.1) is 84.2 Å². The van der Waals surface area contributed by atoms with Gasteiger partial charge in [0.25, 0.3) is 0 Å². The summed E-state index contributed by atoms with van der Waals surface area (Å²) in [6.45, 7) is 3.35. The highest BCUT2D eigenvalue weighted by Gasteiger charge is 2.52. The summed E-state index contributed by atoms with van der Waals surface area (Å²) in [5.41, 5.74) is 5.35. The van der Waals surface area contributed by atoms with Crippen LogP contribution in [0.15, 0.2) is 36.4 Å². The van der Waals surface area contributed by atoms with E-state index in [0.717, 1.165) is 0 Å². The topological polar surface area (TPSA) is 392 Å². The Morgan fingerprint density at radius 1 is 0.610 bits per heavy atom. The largest absolute Gasteiger partial charge is 0.507 e. The van der Waals surface area contributed by atoms with Gasteiger partial charge in [-0.25, -0.2) is 0 Å². The Balaban J connectivity index is 0.000000188. The lowest BCUT2D eigenvalue weighted by Gasteiger charge is -2.42. The third-order valence-electron chi connectivity index (χ3n) is 15.6. The van der Waals surface area contributed by atoms with Crippen molar-refractivity contribution >= 4 is 34.7 Å². The lowest BCUT2D eigenvalue weighted by Crippen LogP contribution is -2.53. The highest BCUT2D eigenvalue weighted by molar-refractivity contribution is 6.32. The van der Waals surface area contributed by atoms with E-state index >= 15 is 0 Å². The molecule has 0 bridgehead atoms. The van der Waals surface area contributed by atoms with E-state index in [2.05, 4.69) is 0 Å². The van der Waals surface area contributed by atoms with Gasteiger partial charge in [0.2, 0.25) is 11.6 Å². The SMILES string of the molecule is COc1cccc2c1C(=O)c1c(O)c3c(c(O)c1C2=O)C[C@@](O)(C(=O)CO)C[C@@H]3O[C@H]1C[C@H](N)[C@H](O)[C@H](C)O1.COc1cccc2c1C(=O)c1c(O)c3c(c(O)c1C2=O)C[C@@](O)(C(C)=O)C[C@@H]3O[C@H]1C[C@H](N)[C@H](O)[C@H](C)O1. The Kier molecular flexibility index (Phi) is 14.5. The van der Waals surface area contributed by atoms with Crippen molar-refractivity contribution in [3.63, 3.8) is 0 Å². The number of methoxy groups -OCH3 is 2. The molecular formula is C54H58N2O21. The first-order chi connectivity index (χ1) is 36.3. The Labute approximate surface area is 438 Å². The summed E-state index contributed by atoms with van der Waals surface area (Å²) in [7, 11) is 2.66. The number of hydrogen-bond donors (Lipinski definition) is 11. The van der Waals surface area contributed by atoms with Crippen LogP contribution >= 0.6 is 0 Å². The van der Waals surface area contributed by atoms with Crippen LogP contribution in [0, 0.1) is 0 Å². The number of aliphatic hydroxyl groups excluding tert-OH is 3. The maximum atomic E-state index is 13.6. The monoisotopic (exact) mass is 1070 g/mol. The number of nitrogens with two attached hydrogens (primary N) is 2. The van der Waals surface area contributed by atoms with Gasteiger partial charge in [0, 0.05) is 84.0 Å². The van der Waals surface area contributed by atoms with E-state index in [9.17, 15) is 74.7 Å². The molecule has 23 nitrogen and oxygen atoms in total. The Bertz CT molecular complexity index is 3150. The van der Waals surface area contributed by atoms with Gasteiger partial charge in [-0.15, -0.1) is 0 Å². The van der Waals surface area contributed by atoms with Crippen molar-refractivity contribution in [3.8, 4) is 34.5 Å². The molecule has 2 heterocycles. The standard InChI is InChI=1S/C27H29NO11.C27H29NO10/c1-10-22(31)13(28)6-17(38-10)39-15-8-27(36,16(30)9-29)7-12-19(15)26(35)21-20(24(12)33)23(32)11-4-3-5-14(37-2)18(11)25(21)34;1-10-22(30)14(28)7-17(37-10)38-16-9-27(35,11(2)29)8-13-19(16)26(34)21-20(24(13)32)23(31)12-5-4-6-15(36-3)18(12)25(21)33/h3-5,10,13,15,17,22,29,31,33,35-36H,6-9,28H2,1-2H3;4-6,10,14,16-17,22,30,32,34-35H,7-9,28H2,1-3H3/t10-,13-,15-,17-,22+,27-;10-,14-,16-,17-,22+,27-/m00/s1. The number of benzene rings is 4. The predicted octanol–water partition coefficient (Wildman–Crippen LogP) is 1.03. The number of phenols is 4. The van der Waals surface area contributed by atoms with E-state index < -0.39 is 178 Å². The van der Waals surface area contributed by atoms with E-state index in [-0.39, 0.29) is 75.3 Å². The highest BCUT2D eigenvalue weighted by Crippen LogP contribution is 2.55. The number of ketones is 6. The first-order valence-corrected chi connectivity index (χ1v) is 24.7. The van der Waals surface area contributed by atoms with Crippen LogP contribution in [0.5, 0.6) is 34.5 Å². The zero-order chi connectivity index (χ0) is 56.1. The van der Waals surface area contributed by atoms with Gasteiger partial charge in [-0.2, -0.15) is 0 Å². The minimum atomic E-state index is -2.24. The Morgan fingerprint density at radius 2 is 0.987 bits per heavy atom. The van der Waals surface area contributed by atoms with Crippen LogP contribution in [0.1, 0.15) is 145 Å². The fraction of sp³-hybridized carbons (Fsp3) is 0.444. The third kappa shape index (κ3) is 8.94. The fourth-order valence-corrected chi connectivity index (χ4v) is 11.4. The molecule has 2 saturated heterocycles. The van der Waals surface area contributed by atoms with Crippen LogP contribution in [-0.2, 0) is 41.4 Å². The van der Waals surface area contributed by atoms with Crippen LogP contribution in [-0.4, -0.2) is 162 Å². The van der Waals surface area contributed by atoms with Crippen LogP contribution < -0.4 is 20.9 Å². The smallest absolute Gasteiger partial charge is 0.202 e. The second kappa shape index (κ2) is 20.2. The number of hydrogen-bond acceptors (Lipinski definition) is 23. The number of rotatable bonds is 9. The third-order valence-corrected chi connectivity index (χ3v) is 15.6. The first-order valence-electron chi connectivity index (χ1n) is 24.7. The van der Waals surface area contributed by atoms with E-state index in [4.69, 9.17) is 39.9 Å². The minimum Gasteiger partial charge on any atom is -0.507 e. The minimum absolute atomic E-state index is 0.0147. The van der Waals surface area contributed by atoms with Crippen LogP contribution in [0.2, 0.25) is 0 Å². The average molecular weight is 1070 g/mol. The molecule has 0 amide bonds. The summed E-state index contributed by atoms with van der Waals surface area (Å²) in [4.78, 5) is 79.3. The van der Waals surface area contributed by atoms with E-state index in [1.54, 1.807) is 13.8 Å². The normalized spacial score (nSPS) is 30.1. The van der Waals surface area contributed by atoms with Crippen molar-refractivity contribution in [2.45, 2.75) is 132 Å². The molecule has 0 saturated carbocycles. The maximum absolute atomic E-state index is 13.6. The quantitative estimate of drug-likeness (QED) is 0.0901. The first kappa shape index (κ1) is 55.0. The molecule has 0 unspecified atom stereocenters. The molecular weight excluding hydrogens is 1010 g/mol. The van der Waals surface area contributed by atoms with Crippen LogP contribution in [0.4, 0.5) is 0 Å². The van der Waals surface area contributed by atoms with Gasteiger partial charge in [-0.05, 0) is 32.9 Å². The van der Waals surface area contributed by atoms with Crippen LogP contribution in [0.3, 0.4) is 0 Å². The second-order valence-electron chi connectivity index (χ2n) is 20.3. The van der Waals surface area contributed by atoms with Gasteiger partial charge < -0.3 is 85.8 Å². The van der Waals surface area contributed by atoms with Gasteiger partial charge in [0.1, 0.15) is 52.3 Å². The Morgan fingerprint density at radius 3 is 1.35 bits per heavy atom. The number of fused-ring (bicyclic) bond motifs is 6. The van der Waals surface area contributed by atoms with Crippen LogP contribution in [0.25, 0.3) is 0 Å². The van der Waals surface area contributed by atoms with Crippen molar-refractivity contribution in [1.82, 2.24) is 0 Å². The van der Waals surface area contributed by atoms with E-state index in [0.29, 0.717) is 0 Å². The average Bonchev–Trinajstić information content (AvgIpc) is 3.58. The molecule has 10 rings (SSSR count). The van der Waals surface area contributed by atoms with Crippen molar-refractivity contribution in [2.75, 3.05) is 20.8 Å². The molecule has 77 heavy (non-hydrogen) atoms. The number of ether oxygens (including phenoxy) is 6. The molecule has 0 spiro atoms. The van der Waals surface area contributed by atoms with Gasteiger partial charge in [-0.3, -0.25) is 28.8 Å². The summed E-state index contributed by atoms with van der Waals surface area (Å²) >= 11 is 0. The summed E-state index contributed by atoms with van der Waals surface area (Å²) in [5, 5.41) is 97.8. The summed E-state index contributed by atoms with van der Waals surface area (Å²) in [6, 6.07) is 7.38. The van der Waals surface area contributed by atoms with Gasteiger partial charge in [-0.1, -0.05) is 24.3 Å². The molecule has 4 aromatic rings. The molecule has 2 fully saturated rings. The number of aliphatic hydroxyl groups is 5. The molecule has 0 radical (unpaired) electrons. The molecule has 12 atom stereocenters. The molecule has 23 heteroatoms. The predicted molar refractivity (Wildman–Crippen MR) is 262 cm³/mol. The molecule has 4 aliphatic carbocycles. The fourth-order valence-electron chi connectivity index (χ4n) is 11.4. The molecule has 13 N–H and O–H groups in total. The van der Waals surface area contributed by atoms with Crippen molar-refractivity contribution in [3.05, 3.63) is 103 Å². The van der Waals surface area contributed by atoms with Gasteiger partial charge in [0.15, 0.2) is 35.7 Å². The number of carbonyl (C=O) groups excluding carboxylic acids is 6. The Hall–Kier alpha value is -6.74. The van der Waals surface area contributed by atoms with Crippen molar-refractivity contribution in [1.29, 1.82) is 0 Å². The van der Waals surface area contributed by atoms with Crippen molar-refractivity contribution < 1.29 is 103 Å². The van der Waals surface area contributed by atoms with E-state index in [1.807, 2.05) is 0 Å². The zero-order valence-corrected chi connectivity index (χ0v) is 42.3. The summed E-state index contributed by atoms with van der Waals surface area (Å²) in [5.74, 6) is -6.95. The van der Waals surface area contributed by atoms with Crippen molar-refractivity contribution in [2.24, 2.45) is 11.5 Å². The number of phenolic OH excluding ortho intramolecular Hbond substituents is 4. The maximum Gasteiger partial charge on any atom is 0.202 e.